The zero-order valence-electron chi connectivity index (χ0n) is 22.0. The molecule has 1 saturated heterocycles. The molecule has 0 aromatic rings. The monoisotopic (exact) mass is 481 g/mol. The second kappa shape index (κ2) is 20.7. The van der Waals surface area contributed by atoms with E-state index in [1.807, 2.05) is 6.92 Å². The van der Waals surface area contributed by atoms with Gasteiger partial charge in [-0.3, -0.25) is 19.3 Å². The van der Waals surface area contributed by atoms with Crippen molar-refractivity contribution < 1.29 is 19.1 Å². The van der Waals surface area contributed by atoms with Crippen LogP contribution in [0, 0.1) is 0 Å². The second-order valence-corrected chi connectivity index (χ2v) is 9.65. The van der Waals surface area contributed by atoms with Crippen LogP contribution >= 0.6 is 0 Å². The summed E-state index contributed by atoms with van der Waals surface area (Å²) in [5.41, 5.74) is 0. The average Bonchev–Trinajstić information content (AvgIpc) is 2.82. The van der Waals surface area contributed by atoms with Crippen molar-refractivity contribution >= 4 is 17.8 Å². The number of esters is 1. The fraction of sp³-hybridized carbons (Fsp3) is 0.889. The number of piperazine rings is 1. The number of carbonyl (C=O) groups excluding carboxylic acids is 3. The number of hydrogen-bond donors (Lipinski definition) is 2. The van der Waals surface area contributed by atoms with Gasteiger partial charge in [-0.05, 0) is 12.8 Å². The van der Waals surface area contributed by atoms with Gasteiger partial charge in [0.05, 0.1) is 19.6 Å². The van der Waals surface area contributed by atoms with Crippen LogP contribution < -0.4 is 10.6 Å². The van der Waals surface area contributed by atoms with Gasteiger partial charge >= 0.3 is 5.97 Å². The quantitative estimate of drug-likeness (QED) is 0.183. The Morgan fingerprint density at radius 2 is 1.44 bits per heavy atom. The predicted molar refractivity (Wildman–Crippen MR) is 138 cm³/mol. The highest BCUT2D eigenvalue weighted by atomic mass is 16.5. The van der Waals surface area contributed by atoms with Gasteiger partial charge in [0.15, 0.2) is 0 Å². The highest BCUT2D eigenvalue weighted by Gasteiger charge is 2.33. The van der Waals surface area contributed by atoms with Gasteiger partial charge in [0.1, 0.15) is 6.04 Å². The molecule has 2 amide bonds. The Morgan fingerprint density at radius 3 is 2.00 bits per heavy atom. The Bertz CT molecular complexity index is 556. The number of nitrogens with zero attached hydrogens (tertiary/aromatic N) is 1. The number of rotatable bonds is 21. The molecule has 0 aromatic heterocycles. The lowest BCUT2D eigenvalue weighted by Gasteiger charge is -2.33. The summed E-state index contributed by atoms with van der Waals surface area (Å²) in [5.74, 6) is -0.687. The van der Waals surface area contributed by atoms with Gasteiger partial charge in [0.2, 0.25) is 11.8 Å². The van der Waals surface area contributed by atoms with Crippen molar-refractivity contribution in [1.82, 2.24) is 15.5 Å². The molecule has 7 heteroatoms. The zero-order valence-corrected chi connectivity index (χ0v) is 22.0. The van der Waals surface area contributed by atoms with Gasteiger partial charge in [0.25, 0.3) is 0 Å². The number of carbonyl (C=O) groups is 3. The lowest BCUT2D eigenvalue weighted by Crippen LogP contribution is -2.58. The summed E-state index contributed by atoms with van der Waals surface area (Å²) in [5, 5.41) is 5.74. The molecule has 0 aromatic carbocycles. The Kier molecular flexibility index (Phi) is 18.5. The van der Waals surface area contributed by atoms with Crippen LogP contribution in [0.2, 0.25) is 0 Å². The minimum Gasteiger partial charge on any atom is -0.466 e. The van der Waals surface area contributed by atoms with Crippen LogP contribution in [0.3, 0.4) is 0 Å². The van der Waals surface area contributed by atoms with Crippen molar-refractivity contribution in [3.63, 3.8) is 0 Å². The summed E-state index contributed by atoms with van der Waals surface area (Å²) in [6.45, 7) is 6.40. The van der Waals surface area contributed by atoms with E-state index in [9.17, 15) is 14.4 Å². The third kappa shape index (κ3) is 15.3. The zero-order chi connectivity index (χ0) is 24.9. The summed E-state index contributed by atoms with van der Waals surface area (Å²) in [6, 6.07) is -0.634. The van der Waals surface area contributed by atoms with E-state index in [2.05, 4.69) is 17.6 Å². The summed E-state index contributed by atoms with van der Waals surface area (Å²) < 4.78 is 5.11. The Morgan fingerprint density at radius 1 is 0.882 bits per heavy atom. The third-order valence-corrected chi connectivity index (χ3v) is 6.47. The van der Waals surface area contributed by atoms with Crippen LogP contribution in [0.5, 0.6) is 0 Å². The number of nitrogens with one attached hydrogen (secondary N) is 2. The van der Waals surface area contributed by atoms with Crippen molar-refractivity contribution in [3.8, 4) is 0 Å². The van der Waals surface area contributed by atoms with Crippen molar-refractivity contribution in [2.45, 2.75) is 123 Å². The molecule has 1 unspecified atom stereocenters. The predicted octanol–water partition coefficient (Wildman–Crippen LogP) is 4.73. The van der Waals surface area contributed by atoms with Crippen molar-refractivity contribution in [2.24, 2.45) is 0 Å². The van der Waals surface area contributed by atoms with Crippen LogP contribution in [-0.4, -0.2) is 61.5 Å². The first-order chi connectivity index (χ1) is 16.6. The fourth-order valence-corrected chi connectivity index (χ4v) is 4.39. The first kappa shape index (κ1) is 30.4. The summed E-state index contributed by atoms with van der Waals surface area (Å²) in [6.07, 6.45) is 19.1. The molecule has 1 fully saturated rings. The molecule has 0 bridgehead atoms. The van der Waals surface area contributed by atoms with Crippen LogP contribution in [0.1, 0.15) is 117 Å². The number of unbranched alkanes of at least 4 members (excludes halogenated alkanes) is 13. The fourth-order valence-electron chi connectivity index (χ4n) is 4.39. The molecule has 1 aliphatic heterocycles. The molecule has 1 heterocycles. The Labute approximate surface area is 208 Å². The van der Waals surface area contributed by atoms with Crippen molar-refractivity contribution in [1.29, 1.82) is 0 Å². The van der Waals surface area contributed by atoms with Crippen molar-refractivity contribution in [3.05, 3.63) is 0 Å². The van der Waals surface area contributed by atoms with E-state index in [1.54, 1.807) is 4.90 Å². The maximum Gasteiger partial charge on any atom is 0.307 e. The van der Waals surface area contributed by atoms with Gasteiger partial charge in [-0.15, -0.1) is 0 Å². The minimum atomic E-state index is -0.634. The molecule has 2 N–H and O–H groups in total. The molecule has 1 atom stereocenters. The van der Waals surface area contributed by atoms with E-state index in [4.69, 9.17) is 4.74 Å². The molecular formula is C27H51N3O4. The summed E-state index contributed by atoms with van der Waals surface area (Å²) in [7, 11) is 0. The topological polar surface area (TPSA) is 87.7 Å². The molecule has 34 heavy (non-hydrogen) atoms. The lowest BCUT2D eigenvalue weighted by atomic mass is 10.0. The first-order valence-electron chi connectivity index (χ1n) is 14.0. The highest BCUT2D eigenvalue weighted by Crippen LogP contribution is 2.13. The maximum atomic E-state index is 12.4. The third-order valence-electron chi connectivity index (χ3n) is 6.47. The largest absolute Gasteiger partial charge is 0.466 e. The standard InChI is InChI=1S/C27H51N3O4/c1-3-5-6-7-8-9-10-11-12-13-14-15-16-17-18-28-25(31)23-30-20-19-29-27(33)24(30)22-26(32)34-21-4-2/h24H,3-23H2,1-2H3,(H,28,31)(H,29,33). The maximum absolute atomic E-state index is 12.4. The Balaban J connectivity index is 2.03. The highest BCUT2D eigenvalue weighted by molar-refractivity contribution is 5.88. The van der Waals surface area contributed by atoms with Crippen LogP contribution in [0.25, 0.3) is 0 Å². The van der Waals surface area contributed by atoms with E-state index in [1.165, 1.54) is 77.0 Å². The smallest absolute Gasteiger partial charge is 0.307 e. The number of amides is 2. The van der Waals surface area contributed by atoms with Gasteiger partial charge in [-0.25, -0.2) is 0 Å². The lowest BCUT2D eigenvalue weighted by molar-refractivity contribution is -0.149. The van der Waals surface area contributed by atoms with Crippen LogP contribution in [0.15, 0.2) is 0 Å². The average molecular weight is 482 g/mol. The molecule has 7 nitrogen and oxygen atoms in total. The molecule has 1 aliphatic rings. The number of ether oxygens (including phenoxy) is 1. The van der Waals surface area contributed by atoms with E-state index in [0.29, 0.717) is 26.2 Å². The van der Waals surface area contributed by atoms with E-state index in [0.717, 1.165) is 19.3 Å². The van der Waals surface area contributed by atoms with Crippen molar-refractivity contribution in [2.75, 3.05) is 32.8 Å². The molecule has 0 saturated carbocycles. The number of hydrogen-bond acceptors (Lipinski definition) is 5. The molecular weight excluding hydrogens is 430 g/mol. The Hall–Kier alpha value is -1.63. The minimum absolute atomic E-state index is 0.0158. The molecule has 0 aliphatic carbocycles. The van der Waals surface area contributed by atoms with Gasteiger partial charge in [-0.2, -0.15) is 0 Å². The van der Waals surface area contributed by atoms with E-state index in [-0.39, 0.29) is 24.8 Å². The normalized spacial score (nSPS) is 16.3. The molecule has 198 valence electrons. The van der Waals surface area contributed by atoms with Gasteiger partial charge in [0, 0.05) is 19.6 Å². The molecule has 0 radical (unpaired) electrons. The van der Waals surface area contributed by atoms with Crippen LogP contribution in [-0.2, 0) is 19.1 Å². The van der Waals surface area contributed by atoms with E-state index < -0.39 is 12.0 Å². The van der Waals surface area contributed by atoms with Gasteiger partial charge < -0.3 is 15.4 Å². The second-order valence-electron chi connectivity index (χ2n) is 9.65. The molecule has 0 spiro atoms. The summed E-state index contributed by atoms with van der Waals surface area (Å²) in [4.78, 5) is 38.3. The first-order valence-corrected chi connectivity index (χ1v) is 14.0. The van der Waals surface area contributed by atoms with Crippen LogP contribution in [0.4, 0.5) is 0 Å². The van der Waals surface area contributed by atoms with Gasteiger partial charge in [-0.1, -0.05) is 97.3 Å². The molecule has 1 rings (SSSR count). The summed E-state index contributed by atoms with van der Waals surface area (Å²) >= 11 is 0. The van der Waals surface area contributed by atoms with E-state index >= 15 is 0 Å². The SMILES string of the molecule is CCCCCCCCCCCCCCCCNC(=O)CN1CCNC(=O)C1CC(=O)OCCC.